The lowest BCUT2D eigenvalue weighted by Crippen LogP contribution is -1.89. The van der Waals surface area contributed by atoms with Crippen LogP contribution in [-0.4, -0.2) is 14.7 Å². The minimum absolute atomic E-state index is 0.587. The van der Waals surface area contributed by atoms with Crippen molar-refractivity contribution < 1.29 is 4.52 Å². The molecule has 4 nitrogen and oxygen atoms in total. The topological polar surface area (TPSA) is 43.9 Å². The molecule has 0 saturated heterocycles. The standard InChI is InChI=1S/C9H11N3O/c1-3-8-10-9(13-11-8)7-5-4-6-12(7)2/h4-6H,3H2,1-2H3. The molecule has 0 radical (unpaired) electrons. The van der Waals surface area contributed by atoms with E-state index in [9.17, 15) is 0 Å². The third-order valence-electron chi connectivity index (χ3n) is 1.95. The Morgan fingerprint density at radius 1 is 1.54 bits per heavy atom. The van der Waals surface area contributed by atoms with Crippen molar-refractivity contribution in [2.24, 2.45) is 7.05 Å². The van der Waals surface area contributed by atoms with Crippen molar-refractivity contribution >= 4 is 0 Å². The highest BCUT2D eigenvalue weighted by molar-refractivity contribution is 5.47. The van der Waals surface area contributed by atoms with Gasteiger partial charge in [0.25, 0.3) is 5.89 Å². The van der Waals surface area contributed by atoms with Crippen LogP contribution in [0.2, 0.25) is 0 Å². The second kappa shape index (κ2) is 3.05. The quantitative estimate of drug-likeness (QED) is 0.700. The summed E-state index contributed by atoms with van der Waals surface area (Å²) >= 11 is 0. The lowest BCUT2D eigenvalue weighted by molar-refractivity contribution is 0.421. The first kappa shape index (κ1) is 8.04. The lowest BCUT2D eigenvalue weighted by atomic mass is 10.4. The van der Waals surface area contributed by atoms with Gasteiger partial charge in [0.2, 0.25) is 0 Å². The smallest absolute Gasteiger partial charge is 0.274 e. The molecule has 0 aliphatic heterocycles. The molecule has 0 fully saturated rings. The molecule has 13 heavy (non-hydrogen) atoms. The zero-order chi connectivity index (χ0) is 9.26. The Bertz CT molecular complexity index is 402. The van der Waals surface area contributed by atoms with Gasteiger partial charge in [-0.1, -0.05) is 12.1 Å². The number of hydrogen-bond acceptors (Lipinski definition) is 3. The number of rotatable bonds is 2. The molecule has 0 N–H and O–H groups in total. The van der Waals surface area contributed by atoms with Crippen LogP contribution < -0.4 is 0 Å². The monoisotopic (exact) mass is 177 g/mol. The van der Waals surface area contributed by atoms with E-state index in [1.165, 1.54) is 0 Å². The Morgan fingerprint density at radius 2 is 2.38 bits per heavy atom. The minimum atomic E-state index is 0.587. The van der Waals surface area contributed by atoms with Gasteiger partial charge >= 0.3 is 0 Å². The molecular formula is C9H11N3O. The fourth-order valence-electron chi connectivity index (χ4n) is 1.18. The van der Waals surface area contributed by atoms with Crippen molar-refractivity contribution in [2.75, 3.05) is 0 Å². The predicted octanol–water partition coefficient (Wildman–Crippen LogP) is 1.64. The van der Waals surface area contributed by atoms with E-state index in [4.69, 9.17) is 4.52 Å². The number of nitrogens with zero attached hydrogens (tertiary/aromatic N) is 3. The summed E-state index contributed by atoms with van der Waals surface area (Å²) in [5, 5.41) is 3.83. The molecular weight excluding hydrogens is 166 g/mol. The van der Waals surface area contributed by atoms with Crippen LogP contribution in [0, 0.1) is 0 Å². The highest BCUT2D eigenvalue weighted by Gasteiger charge is 2.09. The molecule has 0 spiro atoms. The SMILES string of the molecule is CCc1noc(-c2cccn2C)n1. The third-order valence-corrected chi connectivity index (χ3v) is 1.95. The van der Waals surface area contributed by atoms with Crippen LogP contribution in [0.5, 0.6) is 0 Å². The van der Waals surface area contributed by atoms with Crippen LogP contribution in [0.25, 0.3) is 11.6 Å². The van der Waals surface area contributed by atoms with Crippen molar-refractivity contribution in [3.63, 3.8) is 0 Å². The van der Waals surface area contributed by atoms with E-state index < -0.39 is 0 Å². The van der Waals surface area contributed by atoms with Gasteiger partial charge in [-0.2, -0.15) is 4.98 Å². The average molecular weight is 177 g/mol. The fourth-order valence-corrected chi connectivity index (χ4v) is 1.18. The molecule has 0 saturated carbocycles. The van der Waals surface area contributed by atoms with Crippen molar-refractivity contribution in [3.05, 3.63) is 24.2 Å². The van der Waals surface area contributed by atoms with Gasteiger partial charge in [0.15, 0.2) is 5.82 Å². The molecule has 4 heteroatoms. The molecule has 0 bridgehead atoms. The van der Waals surface area contributed by atoms with Crippen molar-refractivity contribution in [3.8, 4) is 11.6 Å². The summed E-state index contributed by atoms with van der Waals surface area (Å²) in [5.74, 6) is 1.33. The summed E-state index contributed by atoms with van der Waals surface area (Å²) in [7, 11) is 1.95. The molecule has 2 heterocycles. The van der Waals surface area contributed by atoms with Gasteiger partial charge in [-0.05, 0) is 12.1 Å². The third kappa shape index (κ3) is 1.35. The van der Waals surface area contributed by atoms with Gasteiger partial charge in [0, 0.05) is 19.7 Å². The van der Waals surface area contributed by atoms with Gasteiger partial charge in [0.05, 0.1) is 0 Å². The summed E-state index contributed by atoms with van der Waals surface area (Å²) in [6, 6.07) is 3.90. The zero-order valence-electron chi connectivity index (χ0n) is 7.69. The first-order valence-corrected chi connectivity index (χ1v) is 4.25. The molecule has 0 aliphatic carbocycles. The van der Waals surface area contributed by atoms with Crippen LogP contribution in [0.4, 0.5) is 0 Å². The fraction of sp³-hybridized carbons (Fsp3) is 0.333. The molecule has 2 aromatic heterocycles. The summed E-state index contributed by atoms with van der Waals surface area (Å²) in [6.45, 7) is 2.00. The minimum Gasteiger partial charge on any atom is -0.347 e. The Morgan fingerprint density at radius 3 is 2.92 bits per heavy atom. The van der Waals surface area contributed by atoms with Crippen LogP contribution in [0.15, 0.2) is 22.9 Å². The van der Waals surface area contributed by atoms with E-state index in [-0.39, 0.29) is 0 Å². The first-order valence-electron chi connectivity index (χ1n) is 4.25. The van der Waals surface area contributed by atoms with Crippen molar-refractivity contribution in [1.82, 2.24) is 14.7 Å². The lowest BCUT2D eigenvalue weighted by Gasteiger charge is -1.94. The van der Waals surface area contributed by atoms with Crippen LogP contribution in [-0.2, 0) is 13.5 Å². The molecule has 0 amide bonds. The Balaban J connectivity index is 2.41. The Kier molecular flexibility index (Phi) is 1.88. The van der Waals surface area contributed by atoms with E-state index in [1.54, 1.807) is 0 Å². The molecule has 2 aromatic rings. The average Bonchev–Trinajstić information content (AvgIpc) is 2.71. The van der Waals surface area contributed by atoms with Crippen molar-refractivity contribution in [2.45, 2.75) is 13.3 Å². The van der Waals surface area contributed by atoms with Crippen molar-refractivity contribution in [1.29, 1.82) is 0 Å². The second-order valence-electron chi connectivity index (χ2n) is 2.87. The van der Waals surface area contributed by atoms with E-state index in [0.29, 0.717) is 5.89 Å². The number of aryl methyl sites for hydroxylation is 2. The van der Waals surface area contributed by atoms with E-state index in [0.717, 1.165) is 17.9 Å². The summed E-state index contributed by atoms with van der Waals surface area (Å²) in [5.41, 5.74) is 0.951. The summed E-state index contributed by atoms with van der Waals surface area (Å²) < 4.78 is 7.05. The van der Waals surface area contributed by atoms with Crippen LogP contribution in [0.3, 0.4) is 0 Å². The molecule has 0 atom stereocenters. The Labute approximate surface area is 76.2 Å². The van der Waals surface area contributed by atoms with Crippen LogP contribution >= 0.6 is 0 Å². The molecule has 68 valence electrons. The van der Waals surface area contributed by atoms with Gasteiger partial charge in [-0.15, -0.1) is 0 Å². The maximum Gasteiger partial charge on any atom is 0.274 e. The van der Waals surface area contributed by atoms with E-state index >= 15 is 0 Å². The van der Waals surface area contributed by atoms with Gasteiger partial charge in [-0.3, -0.25) is 0 Å². The van der Waals surface area contributed by atoms with Gasteiger partial charge < -0.3 is 9.09 Å². The van der Waals surface area contributed by atoms with E-state index in [2.05, 4.69) is 10.1 Å². The molecule has 2 rings (SSSR count). The highest BCUT2D eigenvalue weighted by Crippen LogP contribution is 2.16. The number of aromatic nitrogens is 3. The zero-order valence-corrected chi connectivity index (χ0v) is 7.69. The largest absolute Gasteiger partial charge is 0.347 e. The van der Waals surface area contributed by atoms with Crippen LogP contribution in [0.1, 0.15) is 12.7 Å². The molecule has 0 unspecified atom stereocenters. The summed E-state index contributed by atoms with van der Waals surface area (Å²) in [4.78, 5) is 4.23. The Hall–Kier alpha value is -1.58. The predicted molar refractivity (Wildman–Crippen MR) is 48.1 cm³/mol. The maximum atomic E-state index is 5.10. The van der Waals surface area contributed by atoms with Gasteiger partial charge in [-0.25, -0.2) is 0 Å². The first-order chi connectivity index (χ1) is 6.31. The van der Waals surface area contributed by atoms with Gasteiger partial charge in [0.1, 0.15) is 5.69 Å². The number of hydrogen-bond donors (Lipinski definition) is 0. The normalized spacial score (nSPS) is 10.6. The summed E-state index contributed by atoms with van der Waals surface area (Å²) in [6.07, 6.45) is 2.75. The van der Waals surface area contributed by atoms with E-state index in [1.807, 2.05) is 36.9 Å². The maximum absolute atomic E-state index is 5.10. The molecule has 0 aromatic carbocycles. The second-order valence-corrected chi connectivity index (χ2v) is 2.87. The molecule has 0 aliphatic rings. The highest BCUT2D eigenvalue weighted by atomic mass is 16.5.